The van der Waals surface area contributed by atoms with Gasteiger partial charge in [0.15, 0.2) is 5.82 Å². The number of aryl methyl sites for hydroxylation is 1. The Bertz CT molecular complexity index is 1700. The molecule has 1 aromatic carbocycles. The van der Waals surface area contributed by atoms with Gasteiger partial charge in [0.25, 0.3) is 0 Å². The number of aromatic amines is 1. The molecule has 11 nitrogen and oxygen atoms in total. The second-order valence-corrected chi connectivity index (χ2v) is 12.4. The van der Waals surface area contributed by atoms with Gasteiger partial charge < -0.3 is 24.2 Å². The number of H-pyrrole nitrogens is 1. The van der Waals surface area contributed by atoms with Crippen molar-refractivity contribution in [2.45, 2.75) is 63.3 Å². The van der Waals surface area contributed by atoms with Crippen molar-refractivity contribution in [2.24, 2.45) is 0 Å². The third-order valence-electron chi connectivity index (χ3n) is 9.31. The lowest BCUT2D eigenvalue weighted by Gasteiger charge is -2.25. The minimum absolute atomic E-state index is 0.00961. The summed E-state index contributed by atoms with van der Waals surface area (Å²) in [6.07, 6.45) is 5.88. The average molecular weight is 624 g/mol. The zero-order valence-electron chi connectivity index (χ0n) is 25.9. The van der Waals surface area contributed by atoms with Crippen molar-refractivity contribution in [2.75, 3.05) is 58.5 Å². The van der Waals surface area contributed by atoms with Crippen molar-refractivity contribution in [1.29, 1.82) is 0 Å². The smallest absolute Gasteiger partial charge is 0.318 e. The van der Waals surface area contributed by atoms with Crippen molar-refractivity contribution in [3.63, 3.8) is 0 Å². The number of nitrogens with one attached hydrogen (secondary N) is 1. The molecule has 0 bridgehead atoms. The Hall–Kier alpha value is -3.68. The highest BCUT2D eigenvalue weighted by Gasteiger charge is 2.35. The number of alkyl halides is 1. The molecule has 2 N–H and O–H groups in total. The summed E-state index contributed by atoms with van der Waals surface area (Å²) in [6, 6.07) is 2.67. The topological polar surface area (TPSA) is 122 Å². The first-order valence-corrected chi connectivity index (χ1v) is 15.7. The van der Waals surface area contributed by atoms with E-state index in [2.05, 4.69) is 25.1 Å². The second-order valence-electron chi connectivity index (χ2n) is 12.4. The predicted octanol–water partition coefficient (Wildman–Crippen LogP) is 4.30. The van der Waals surface area contributed by atoms with Crippen molar-refractivity contribution >= 4 is 27.6 Å². The van der Waals surface area contributed by atoms with E-state index in [0.717, 1.165) is 47.8 Å². The number of methoxy groups -OCH3 is 2. The van der Waals surface area contributed by atoms with Gasteiger partial charge in [0.05, 0.1) is 45.3 Å². The van der Waals surface area contributed by atoms with Crippen molar-refractivity contribution in [3.05, 3.63) is 29.2 Å². The van der Waals surface area contributed by atoms with Gasteiger partial charge in [-0.15, -0.1) is 0 Å². The summed E-state index contributed by atoms with van der Waals surface area (Å²) in [7, 11) is 2.92. The van der Waals surface area contributed by atoms with E-state index in [1.165, 1.54) is 27.1 Å². The summed E-state index contributed by atoms with van der Waals surface area (Å²) in [5, 5.41) is 18.6. The number of anilines is 1. The maximum atomic E-state index is 16.5. The third kappa shape index (κ3) is 5.66. The molecule has 4 fully saturated rings. The first-order valence-electron chi connectivity index (χ1n) is 15.7. The molecule has 3 aromatic heterocycles. The molecular formula is C32H39F2N7O4. The van der Waals surface area contributed by atoms with Gasteiger partial charge in [-0.3, -0.25) is 10.00 Å². The molecule has 240 valence electrons. The fourth-order valence-corrected chi connectivity index (χ4v) is 7.14. The standard InChI is InChI=1S/C25H27FN6O4.C7H12FN/c1-12-8-16-15(9-27-31-16)18(17(12)13-4-5-13)21-20(26)22-19(24(28-21)34-2)23(30-25(29-22)35-3)32-6-7-36-11-14(33)10-32;8-6-4-7-2-1-3-9(7)5-6/h8-9,13-14,33H,4-7,10-11H2,1-3H3,(H,27,31);6-7H,1-5H2. The van der Waals surface area contributed by atoms with Crippen LogP contribution < -0.4 is 14.4 Å². The molecule has 4 aromatic rings. The largest absolute Gasteiger partial charge is 0.480 e. The Morgan fingerprint density at radius 3 is 2.69 bits per heavy atom. The fraction of sp³-hybridized carbons (Fsp3) is 0.562. The molecule has 4 aliphatic rings. The number of pyridine rings is 1. The van der Waals surface area contributed by atoms with Gasteiger partial charge in [-0.25, -0.2) is 13.8 Å². The highest BCUT2D eigenvalue weighted by atomic mass is 19.1. The summed E-state index contributed by atoms with van der Waals surface area (Å²) in [5.41, 5.74) is 3.85. The third-order valence-corrected chi connectivity index (χ3v) is 9.31. The first kappa shape index (κ1) is 30.0. The van der Waals surface area contributed by atoms with E-state index in [4.69, 9.17) is 19.2 Å². The Kier molecular flexibility index (Phi) is 8.17. The van der Waals surface area contributed by atoms with Gasteiger partial charge >= 0.3 is 6.01 Å². The lowest BCUT2D eigenvalue weighted by atomic mass is 9.92. The number of fused-ring (bicyclic) bond motifs is 3. The maximum absolute atomic E-state index is 16.5. The van der Waals surface area contributed by atoms with E-state index in [9.17, 15) is 9.50 Å². The molecule has 8 rings (SSSR count). The molecule has 3 aliphatic heterocycles. The minimum atomic E-state index is -0.727. The molecular weight excluding hydrogens is 584 g/mol. The zero-order valence-corrected chi connectivity index (χ0v) is 25.9. The fourth-order valence-electron chi connectivity index (χ4n) is 7.14. The van der Waals surface area contributed by atoms with Crippen molar-refractivity contribution in [3.8, 4) is 23.1 Å². The first-order chi connectivity index (χ1) is 21.9. The number of ether oxygens (including phenoxy) is 3. The number of rotatable bonds is 5. The second kappa shape index (κ2) is 12.3. The SMILES string of the molecule is COc1nc(N2CCOCC(O)C2)c2c(OC)nc(-c3c(C4CC4)c(C)cc4[nH]ncc34)c(F)c2n1.FC1CC2CCCN2C1. The van der Waals surface area contributed by atoms with Crippen LogP contribution in [0.25, 0.3) is 33.1 Å². The molecule has 0 amide bonds. The summed E-state index contributed by atoms with van der Waals surface area (Å²) in [6.45, 7) is 5.18. The van der Waals surface area contributed by atoms with Gasteiger partial charge in [0.1, 0.15) is 28.6 Å². The van der Waals surface area contributed by atoms with Crippen LogP contribution in [0.4, 0.5) is 14.6 Å². The maximum Gasteiger partial charge on any atom is 0.318 e. The van der Waals surface area contributed by atoms with E-state index in [1.54, 1.807) is 6.20 Å². The lowest BCUT2D eigenvalue weighted by molar-refractivity contribution is 0.0597. The molecule has 6 heterocycles. The van der Waals surface area contributed by atoms with Gasteiger partial charge in [-0.05, 0) is 68.7 Å². The van der Waals surface area contributed by atoms with Gasteiger partial charge in [0, 0.05) is 36.6 Å². The zero-order chi connectivity index (χ0) is 31.2. The lowest BCUT2D eigenvalue weighted by Crippen LogP contribution is -2.33. The number of aliphatic hydroxyl groups is 1. The molecule has 0 radical (unpaired) electrons. The number of aliphatic hydroxyl groups excluding tert-OH is 1. The Balaban J connectivity index is 0.000000308. The predicted molar refractivity (Wildman–Crippen MR) is 165 cm³/mol. The Morgan fingerprint density at radius 1 is 1.09 bits per heavy atom. The van der Waals surface area contributed by atoms with Crippen LogP contribution in [-0.4, -0.2) is 107 Å². The Morgan fingerprint density at radius 2 is 1.93 bits per heavy atom. The van der Waals surface area contributed by atoms with Gasteiger partial charge in [-0.1, -0.05) is 0 Å². The molecule has 3 unspecified atom stereocenters. The van der Waals surface area contributed by atoms with Crippen LogP contribution >= 0.6 is 0 Å². The van der Waals surface area contributed by atoms with Crippen LogP contribution in [0.3, 0.4) is 0 Å². The summed E-state index contributed by atoms with van der Waals surface area (Å²) in [5.74, 6) is 0.320. The number of β-amino-alcohol motifs (C(OH)–C–C–N with tert-alkyl or cyclic N) is 1. The highest BCUT2D eigenvalue weighted by Crippen LogP contribution is 2.49. The number of halogens is 2. The number of benzene rings is 1. The number of hydrogen-bond donors (Lipinski definition) is 2. The molecule has 13 heteroatoms. The number of hydrogen-bond acceptors (Lipinski definition) is 10. The van der Waals surface area contributed by atoms with E-state index < -0.39 is 18.1 Å². The van der Waals surface area contributed by atoms with E-state index in [-0.39, 0.29) is 36.3 Å². The quantitative estimate of drug-likeness (QED) is 0.333. The summed E-state index contributed by atoms with van der Waals surface area (Å²) < 4.78 is 45.7. The molecule has 1 saturated carbocycles. The van der Waals surface area contributed by atoms with Crippen LogP contribution in [0.1, 0.15) is 49.1 Å². The molecule has 3 atom stereocenters. The molecule has 1 aliphatic carbocycles. The van der Waals surface area contributed by atoms with E-state index >= 15 is 4.39 Å². The number of aromatic nitrogens is 5. The normalized spacial score (nSPS) is 23.6. The average Bonchev–Trinajstić information content (AvgIpc) is 3.52. The monoisotopic (exact) mass is 623 g/mol. The molecule has 3 saturated heterocycles. The highest BCUT2D eigenvalue weighted by molar-refractivity contribution is 6.01. The van der Waals surface area contributed by atoms with Crippen LogP contribution in [0.15, 0.2) is 12.3 Å². The van der Waals surface area contributed by atoms with Gasteiger partial charge in [0.2, 0.25) is 5.88 Å². The minimum Gasteiger partial charge on any atom is -0.480 e. The van der Waals surface area contributed by atoms with Crippen molar-refractivity contribution in [1.82, 2.24) is 30.0 Å². The van der Waals surface area contributed by atoms with Crippen LogP contribution in [0.2, 0.25) is 0 Å². The van der Waals surface area contributed by atoms with E-state index in [1.807, 2.05) is 17.9 Å². The summed E-state index contributed by atoms with van der Waals surface area (Å²) in [4.78, 5) is 17.7. The van der Waals surface area contributed by atoms with Crippen LogP contribution in [0, 0.1) is 12.7 Å². The van der Waals surface area contributed by atoms with E-state index in [0.29, 0.717) is 48.4 Å². The summed E-state index contributed by atoms with van der Waals surface area (Å²) >= 11 is 0. The number of nitrogens with zero attached hydrogens (tertiary/aromatic N) is 6. The van der Waals surface area contributed by atoms with Crippen molar-refractivity contribution < 1.29 is 28.1 Å². The van der Waals surface area contributed by atoms with Crippen LogP contribution in [-0.2, 0) is 4.74 Å². The molecule has 0 spiro atoms. The Labute approximate surface area is 259 Å². The van der Waals surface area contributed by atoms with Gasteiger partial charge in [-0.2, -0.15) is 15.1 Å². The van der Waals surface area contributed by atoms with Crippen LogP contribution in [0.5, 0.6) is 11.9 Å². The molecule has 45 heavy (non-hydrogen) atoms.